The van der Waals surface area contributed by atoms with Gasteiger partial charge in [0.2, 0.25) is 5.91 Å². The van der Waals surface area contributed by atoms with Crippen molar-refractivity contribution in [3.05, 3.63) is 111 Å². The van der Waals surface area contributed by atoms with Gasteiger partial charge in [-0.3, -0.25) is 19.1 Å². The highest BCUT2D eigenvalue weighted by atomic mass is 32.2. The Morgan fingerprint density at radius 1 is 0.914 bits per heavy atom. The Labute approximate surface area is 207 Å². The van der Waals surface area contributed by atoms with E-state index >= 15 is 0 Å². The molecule has 0 radical (unpaired) electrons. The first-order valence-corrected chi connectivity index (χ1v) is 12.2. The Bertz CT molecular complexity index is 1420. The van der Waals surface area contributed by atoms with E-state index in [1.165, 1.54) is 21.2 Å². The Morgan fingerprint density at radius 3 is 2.14 bits per heavy atom. The van der Waals surface area contributed by atoms with Crippen LogP contribution in [0, 0.1) is 0 Å². The van der Waals surface area contributed by atoms with Gasteiger partial charge in [-0.2, -0.15) is 0 Å². The number of H-pyrrole nitrogens is 1. The van der Waals surface area contributed by atoms with E-state index < -0.39 is 11.2 Å². The summed E-state index contributed by atoms with van der Waals surface area (Å²) in [7, 11) is 0. The molecule has 1 aromatic heterocycles. The Hall–Kier alpha value is -4.04. The first-order chi connectivity index (χ1) is 17.0. The van der Waals surface area contributed by atoms with Crippen molar-refractivity contribution in [2.75, 3.05) is 22.9 Å². The number of aromatic nitrogens is 2. The monoisotopic (exact) mass is 486 g/mol. The molecule has 7 nitrogen and oxygen atoms in total. The second kappa shape index (κ2) is 10.9. The molecule has 0 unspecified atom stereocenters. The highest BCUT2D eigenvalue weighted by Gasteiger charge is 2.23. The summed E-state index contributed by atoms with van der Waals surface area (Å²) in [5.41, 5.74) is 8.04. The number of carbonyl (C=O) groups is 1. The molecule has 0 aliphatic rings. The van der Waals surface area contributed by atoms with Gasteiger partial charge in [0.15, 0.2) is 5.69 Å². The van der Waals surface area contributed by atoms with Gasteiger partial charge in [-0.15, -0.1) is 11.8 Å². The zero-order chi connectivity index (χ0) is 24.8. The molecule has 35 heavy (non-hydrogen) atoms. The molecule has 0 bridgehead atoms. The van der Waals surface area contributed by atoms with E-state index in [-0.39, 0.29) is 36.3 Å². The maximum absolute atomic E-state index is 13.1. The summed E-state index contributed by atoms with van der Waals surface area (Å²) in [6.07, 6.45) is 0. The summed E-state index contributed by atoms with van der Waals surface area (Å²) in [6.45, 7) is 2.19. The van der Waals surface area contributed by atoms with Crippen LogP contribution in [0.3, 0.4) is 0 Å². The van der Waals surface area contributed by atoms with Crippen LogP contribution in [0.2, 0.25) is 0 Å². The molecule has 3 aromatic carbocycles. The number of thioether (sulfide) groups is 1. The van der Waals surface area contributed by atoms with Gasteiger partial charge in [0.05, 0.1) is 12.3 Å². The molecule has 3 N–H and O–H groups in total. The van der Waals surface area contributed by atoms with Crippen LogP contribution >= 0.6 is 11.8 Å². The van der Waals surface area contributed by atoms with Crippen molar-refractivity contribution in [2.24, 2.45) is 0 Å². The maximum Gasteiger partial charge on any atom is 0.330 e. The van der Waals surface area contributed by atoms with Gasteiger partial charge in [-0.05, 0) is 35.7 Å². The van der Waals surface area contributed by atoms with Crippen molar-refractivity contribution in [3.8, 4) is 11.1 Å². The molecule has 8 heteroatoms. The lowest BCUT2D eigenvalue weighted by molar-refractivity contribution is -0.116. The molecule has 0 spiro atoms. The Morgan fingerprint density at radius 2 is 1.51 bits per heavy atom. The van der Waals surface area contributed by atoms with E-state index in [0.29, 0.717) is 0 Å². The third-order valence-corrected chi connectivity index (χ3v) is 6.61. The van der Waals surface area contributed by atoms with Crippen molar-refractivity contribution in [1.29, 1.82) is 0 Å². The van der Waals surface area contributed by atoms with Gasteiger partial charge >= 0.3 is 5.69 Å². The minimum Gasteiger partial charge on any atom is -0.383 e. The van der Waals surface area contributed by atoms with E-state index in [0.717, 1.165) is 21.6 Å². The van der Waals surface area contributed by atoms with Crippen LogP contribution < -0.4 is 21.9 Å². The molecule has 1 heterocycles. The molecule has 1 amide bonds. The number of rotatable bonds is 8. The fourth-order valence-corrected chi connectivity index (χ4v) is 4.59. The number of hydrogen-bond acceptors (Lipinski definition) is 5. The number of aromatic amines is 1. The third kappa shape index (κ3) is 5.55. The molecule has 0 atom stereocenters. The van der Waals surface area contributed by atoms with Gasteiger partial charge < -0.3 is 10.6 Å². The zero-order valence-corrected chi connectivity index (χ0v) is 20.1. The highest BCUT2D eigenvalue weighted by Crippen LogP contribution is 2.25. The smallest absolute Gasteiger partial charge is 0.330 e. The molecule has 178 valence electrons. The van der Waals surface area contributed by atoms with Crippen molar-refractivity contribution >= 4 is 29.2 Å². The number of anilines is 2. The van der Waals surface area contributed by atoms with Crippen molar-refractivity contribution in [3.63, 3.8) is 0 Å². The van der Waals surface area contributed by atoms with Crippen LogP contribution in [0.15, 0.2) is 99.4 Å². The minimum absolute atomic E-state index is 0.00643. The lowest BCUT2D eigenvalue weighted by Crippen LogP contribution is -2.41. The average Bonchev–Trinajstić information content (AvgIpc) is 2.89. The fourth-order valence-electron chi connectivity index (χ4n) is 3.82. The topological polar surface area (TPSA) is 101 Å². The van der Waals surface area contributed by atoms with Gasteiger partial charge in [0.1, 0.15) is 5.82 Å². The number of nitrogens with two attached hydrogens (primary N) is 1. The van der Waals surface area contributed by atoms with E-state index in [4.69, 9.17) is 5.73 Å². The van der Waals surface area contributed by atoms with Crippen molar-refractivity contribution in [1.82, 2.24) is 9.55 Å². The van der Waals surface area contributed by atoms with Crippen LogP contribution in [-0.2, 0) is 11.3 Å². The fraction of sp³-hybridized carbons (Fsp3) is 0.148. The molecule has 0 saturated heterocycles. The Balaban J connectivity index is 1.52. The van der Waals surface area contributed by atoms with Crippen LogP contribution in [-0.4, -0.2) is 27.8 Å². The lowest BCUT2D eigenvalue weighted by atomic mass is 10.1. The summed E-state index contributed by atoms with van der Waals surface area (Å²) in [6, 6.07) is 27.3. The number of carbonyl (C=O) groups excluding carboxylic acids is 1. The normalized spacial score (nSPS) is 10.8. The largest absolute Gasteiger partial charge is 0.383 e. The maximum atomic E-state index is 13.1. The van der Waals surface area contributed by atoms with E-state index in [1.54, 1.807) is 6.92 Å². The predicted molar refractivity (Wildman–Crippen MR) is 142 cm³/mol. The summed E-state index contributed by atoms with van der Waals surface area (Å²) in [5, 5.41) is 0. The average molecular weight is 487 g/mol. The summed E-state index contributed by atoms with van der Waals surface area (Å²) >= 11 is 1.38. The summed E-state index contributed by atoms with van der Waals surface area (Å²) in [5.74, 6) is -0.184. The third-order valence-electron chi connectivity index (χ3n) is 5.61. The number of hydrogen-bond donors (Lipinski definition) is 2. The van der Waals surface area contributed by atoms with Gasteiger partial charge in [-0.25, -0.2) is 4.79 Å². The molecular weight excluding hydrogens is 460 g/mol. The Kier molecular flexibility index (Phi) is 7.52. The van der Waals surface area contributed by atoms with Gasteiger partial charge in [0.25, 0.3) is 5.56 Å². The summed E-state index contributed by atoms with van der Waals surface area (Å²) in [4.78, 5) is 42.8. The quantitative estimate of drug-likeness (QED) is 0.367. The molecule has 0 aliphatic heterocycles. The van der Waals surface area contributed by atoms with Crippen LogP contribution in [0.5, 0.6) is 0 Å². The van der Waals surface area contributed by atoms with Crippen molar-refractivity contribution < 1.29 is 4.79 Å². The number of benzene rings is 3. The first-order valence-electron chi connectivity index (χ1n) is 11.2. The van der Waals surface area contributed by atoms with E-state index in [1.807, 2.05) is 84.9 Å². The van der Waals surface area contributed by atoms with Crippen LogP contribution in [0.1, 0.15) is 12.5 Å². The van der Waals surface area contributed by atoms with Gasteiger partial charge in [0, 0.05) is 11.4 Å². The summed E-state index contributed by atoms with van der Waals surface area (Å²) < 4.78 is 1.28. The predicted octanol–water partition coefficient (Wildman–Crippen LogP) is 3.98. The number of nitrogens with zero attached hydrogens (tertiary/aromatic N) is 2. The van der Waals surface area contributed by atoms with Crippen molar-refractivity contribution in [2.45, 2.75) is 18.4 Å². The second-order valence-corrected chi connectivity index (χ2v) is 8.93. The second-order valence-electron chi connectivity index (χ2n) is 7.88. The number of nitrogen functional groups attached to an aromatic ring is 1. The number of nitrogens with one attached hydrogen (secondary N) is 1. The minimum atomic E-state index is -0.677. The molecule has 0 fully saturated rings. The van der Waals surface area contributed by atoms with Crippen LogP contribution in [0.25, 0.3) is 11.1 Å². The lowest BCUT2D eigenvalue weighted by Gasteiger charge is -2.23. The molecule has 0 aliphatic carbocycles. The van der Waals surface area contributed by atoms with Crippen LogP contribution in [0.4, 0.5) is 11.5 Å². The van der Waals surface area contributed by atoms with Gasteiger partial charge in [-0.1, -0.05) is 72.8 Å². The standard InChI is InChI=1S/C27H26N4O3S/c1-2-30(23(32)18-35-22-15-13-21(14-16-22)20-11-7-4-8-12-20)24-25(28)31(27(34)29-26(24)33)17-19-9-5-3-6-10-19/h3-16H,2,17-18,28H2,1H3,(H,29,33,34). The molecular formula is C27H26N4O3S. The molecule has 0 saturated carbocycles. The SMILES string of the molecule is CCN(C(=O)CSc1ccc(-c2ccccc2)cc1)c1c(N)n(Cc2ccccc2)c(=O)[nH]c1=O. The number of amides is 1. The van der Waals surface area contributed by atoms with E-state index in [9.17, 15) is 14.4 Å². The molecule has 4 aromatic rings. The zero-order valence-electron chi connectivity index (χ0n) is 19.3. The van der Waals surface area contributed by atoms with E-state index in [2.05, 4.69) is 4.98 Å². The molecule has 4 rings (SSSR count). The first kappa shape index (κ1) is 24.1. The highest BCUT2D eigenvalue weighted by molar-refractivity contribution is 8.00.